The van der Waals surface area contributed by atoms with E-state index < -0.39 is 10.8 Å². The van der Waals surface area contributed by atoms with E-state index in [1.807, 2.05) is 16.8 Å². The number of nitrogens with zero attached hydrogens (tertiary/aromatic N) is 5. The Bertz CT molecular complexity index is 1430. The average Bonchev–Trinajstić information content (AvgIpc) is 3.52. The molecular weight excluding hydrogens is 476 g/mol. The topological polar surface area (TPSA) is 116 Å². The van der Waals surface area contributed by atoms with Gasteiger partial charge in [-0.3, -0.25) is 14.9 Å². The summed E-state index contributed by atoms with van der Waals surface area (Å²) in [5, 5.41) is 19.1. The number of benzene rings is 1. The van der Waals surface area contributed by atoms with Gasteiger partial charge in [0.25, 0.3) is 5.91 Å². The van der Waals surface area contributed by atoms with Gasteiger partial charge in [0.2, 0.25) is 0 Å². The van der Waals surface area contributed by atoms with Gasteiger partial charge in [-0.15, -0.1) is 0 Å². The van der Waals surface area contributed by atoms with Crippen molar-refractivity contribution in [3.05, 3.63) is 63.1 Å². The second-order valence-electron chi connectivity index (χ2n) is 10.2. The second kappa shape index (κ2) is 9.42. The van der Waals surface area contributed by atoms with Gasteiger partial charge in [0.15, 0.2) is 11.5 Å². The number of carbonyl (C=O) groups excluding carboxylic acids is 1. The fourth-order valence-electron chi connectivity index (χ4n) is 4.58. The quantitative estimate of drug-likeness (QED) is 0.244. The summed E-state index contributed by atoms with van der Waals surface area (Å²) < 4.78 is 1.97. The summed E-state index contributed by atoms with van der Waals surface area (Å²) in [6.07, 6.45) is 7.30. The van der Waals surface area contributed by atoms with Gasteiger partial charge < -0.3 is 5.32 Å². The average molecular weight is 505 g/mol. The lowest BCUT2D eigenvalue weighted by Crippen LogP contribution is -2.16. The molecule has 9 nitrogen and oxygen atoms in total. The van der Waals surface area contributed by atoms with Crippen molar-refractivity contribution in [3.63, 3.8) is 0 Å². The Morgan fingerprint density at radius 3 is 2.44 bits per heavy atom. The maximum atomic E-state index is 13.0. The van der Waals surface area contributed by atoms with Gasteiger partial charge in [0, 0.05) is 11.6 Å². The molecule has 1 saturated carbocycles. The lowest BCUT2D eigenvalue weighted by molar-refractivity contribution is -0.380. The maximum absolute atomic E-state index is 13.0. The molecule has 4 aromatic rings. The highest BCUT2D eigenvalue weighted by Gasteiger charge is 2.23. The number of hydrogen-bond acceptors (Lipinski definition) is 7. The highest BCUT2D eigenvalue weighted by atomic mass is 32.1. The van der Waals surface area contributed by atoms with E-state index in [1.165, 1.54) is 24.1 Å². The van der Waals surface area contributed by atoms with Gasteiger partial charge in [-0.1, -0.05) is 75.6 Å². The molecule has 1 N–H and O–H groups in total. The molecule has 0 spiro atoms. The first kappa shape index (κ1) is 24.1. The van der Waals surface area contributed by atoms with Crippen LogP contribution in [0, 0.1) is 10.1 Å². The zero-order chi connectivity index (χ0) is 25.4. The van der Waals surface area contributed by atoms with Gasteiger partial charge in [-0.05, 0) is 29.9 Å². The molecule has 1 aliphatic rings. The van der Waals surface area contributed by atoms with Crippen molar-refractivity contribution >= 4 is 39.1 Å². The van der Waals surface area contributed by atoms with Gasteiger partial charge in [0.05, 0.1) is 27.4 Å². The SMILES string of the molecule is CC(C)(C)c1ccc(-c2nc(NC(=O)c3ccc([N+](=O)[O-])s3)c3cnn(C4CCCCC4)c3n2)cc1. The van der Waals surface area contributed by atoms with Gasteiger partial charge >= 0.3 is 5.00 Å². The summed E-state index contributed by atoms with van der Waals surface area (Å²) in [6, 6.07) is 11.2. The zero-order valence-corrected chi connectivity index (χ0v) is 21.3. The third kappa shape index (κ3) is 4.73. The number of rotatable bonds is 5. The molecule has 5 rings (SSSR count). The minimum absolute atomic E-state index is 0.0192. The van der Waals surface area contributed by atoms with Gasteiger partial charge in [0.1, 0.15) is 5.82 Å². The summed E-state index contributed by atoms with van der Waals surface area (Å²) in [5.74, 6) is 0.388. The lowest BCUT2D eigenvalue weighted by atomic mass is 9.87. The first-order valence-corrected chi connectivity index (χ1v) is 12.9. The molecule has 0 atom stereocenters. The van der Waals surface area contributed by atoms with E-state index in [0.29, 0.717) is 22.7 Å². The predicted octanol–water partition coefficient (Wildman–Crippen LogP) is 6.52. The summed E-state index contributed by atoms with van der Waals surface area (Å²) in [7, 11) is 0. The molecule has 0 aliphatic heterocycles. The lowest BCUT2D eigenvalue weighted by Gasteiger charge is -2.22. The molecular formula is C26H28N6O3S. The van der Waals surface area contributed by atoms with E-state index in [9.17, 15) is 14.9 Å². The van der Waals surface area contributed by atoms with E-state index in [0.717, 1.165) is 42.6 Å². The van der Waals surface area contributed by atoms with Crippen LogP contribution in [0.5, 0.6) is 0 Å². The minimum atomic E-state index is -0.502. The molecule has 186 valence electrons. The molecule has 36 heavy (non-hydrogen) atoms. The van der Waals surface area contributed by atoms with E-state index in [1.54, 1.807) is 6.20 Å². The van der Waals surface area contributed by atoms with E-state index in [4.69, 9.17) is 9.97 Å². The molecule has 0 radical (unpaired) electrons. The standard InChI is InChI=1S/C26H28N6O3S/c1-26(2,3)17-11-9-16(10-12-17)22-28-23(30-25(33)20-13-14-21(36-20)32(34)35)19-15-27-31(24(19)29-22)18-7-5-4-6-8-18/h9-15,18H,4-8H2,1-3H3,(H,28,29,30,33). The van der Waals surface area contributed by atoms with E-state index in [2.05, 4.69) is 43.3 Å². The van der Waals surface area contributed by atoms with Crippen LogP contribution in [0.15, 0.2) is 42.6 Å². The monoisotopic (exact) mass is 504 g/mol. The Morgan fingerprint density at radius 2 is 1.81 bits per heavy atom. The molecule has 1 fully saturated rings. The van der Waals surface area contributed by atoms with Gasteiger partial charge in [-0.25, -0.2) is 14.6 Å². The number of anilines is 1. The van der Waals surface area contributed by atoms with Crippen molar-refractivity contribution in [3.8, 4) is 11.4 Å². The van der Waals surface area contributed by atoms with Crippen LogP contribution in [0.3, 0.4) is 0 Å². The van der Waals surface area contributed by atoms with Crippen molar-refractivity contribution in [2.24, 2.45) is 0 Å². The van der Waals surface area contributed by atoms with Crippen molar-refractivity contribution in [1.29, 1.82) is 0 Å². The Balaban J connectivity index is 1.57. The van der Waals surface area contributed by atoms with Crippen LogP contribution in [0.25, 0.3) is 22.4 Å². The van der Waals surface area contributed by atoms with E-state index in [-0.39, 0.29) is 21.3 Å². The summed E-state index contributed by atoms with van der Waals surface area (Å²) in [4.78, 5) is 33.4. The third-order valence-electron chi connectivity index (χ3n) is 6.61. The number of nitrogens with one attached hydrogen (secondary N) is 1. The first-order chi connectivity index (χ1) is 17.2. The zero-order valence-electron chi connectivity index (χ0n) is 20.5. The van der Waals surface area contributed by atoms with Crippen LogP contribution >= 0.6 is 11.3 Å². The van der Waals surface area contributed by atoms with Crippen LogP contribution in [0.2, 0.25) is 0 Å². The minimum Gasteiger partial charge on any atom is -0.305 e. The van der Waals surface area contributed by atoms with Crippen molar-refractivity contribution in [1.82, 2.24) is 19.7 Å². The maximum Gasteiger partial charge on any atom is 0.324 e. The van der Waals surface area contributed by atoms with Crippen molar-refractivity contribution in [2.75, 3.05) is 5.32 Å². The fourth-order valence-corrected chi connectivity index (χ4v) is 5.29. The molecule has 3 heterocycles. The Morgan fingerprint density at radius 1 is 1.08 bits per heavy atom. The Labute approximate surface area is 212 Å². The molecule has 1 amide bonds. The number of aromatic nitrogens is 4. The Kier molecular flexibility index (Phi) is 6.29. The first-order valence-electron chi connectivity index (χ1n) is 12.1. The van der Waals surface area contributed by atoms with Crippen LogP contribution in [-0.4, -0.2) is 30.6 Å². The molecule has 0 saturated heterocycles. The predicted molar refractivity (Wildman–Crippen MR) is 141 cm³/mol. The number of hydrogen-bond donors (Lipinski definition) is 1. The number of nitro groups is 1. The number of amides is 1. The molecule has 3 aromatic heterocycles. The van der Waals surface area contributed by atoms with Crippen LogP contribution in [-0.2, 0) is 5.41 Å². The molecule has 0 unspecified atom stereocenters. The Hall–Kier alpha value is -3.66. The van der Waals surface area contributed by atoms with Crippen LogP contribution in [0.1, 0.15) is 74.2 Å². The molecule has 10 heteroatoms. The van der Waals surface area contributed by atoms with Crippen molar-refractivity contribution in [2.45, 2.75) is 64.3 Å². The highest BCUT2D eigenvalue weighted by Crippen LogP contribution is 2.34. The summed E-state index contributed by atoms with van der Waals surface area (Å²) >= 11 is 0.831. The second-order valence-corrected chi connectivity index (χ2v) is 11.3. The summed E-state index contributed by atoms with van der Waals surface area (Å²) in [5.41, 5.74) is 2.74. The fraction of sp³-hybridized carbons (Fsp3) is 0.385. The number of fused-ring (bicyclic) bond motifs is 1. The molecule has 0 bridgehead atoms. The number of carbonyl (C=O) groups is 1. The smallest absolute Gasteiger partial charge is 0.305 e. The van der Waals surface area contributed by atoms with Crippen molar-refractivity contribution < 1.29 is 9.72 Å². The third-order valence-corrected chi connectivity index (χ3v) is 7.65. The largest absolute Gasteiger partial charge is 0.324 e. The number of thiophene rings is 1. The van der Waals surface area contributed by atoms with Crippen LogP contribution in [0.4, 0.5) is 10.8 Å². The van der Waals surface area contributed by atoms with Gasteiger partial charge in [-0.2, -0.15) is 5.10 Å². The van der Waals surface area contributed by atoms with Crippen LogP contribution < -0.4 is 5.32 Å². The highest BCUT2D eigenvalue weighted by molar-refractivity contribution is 7.17. The normalized spacial score (nSPS) is 14.8. The molecule has 1 aliphatic carbocycles. The summed E-state index contributed by atoms with van der Waals surface area (Å²) in [6.45, 7) is 6.49. The van der Waals surface area contributed by atoms with E-state index >= 15 is 0 Å². The molecule has 1 aromatic carbocycles.